The molecule has 0 heterocycles. The van der Waals surface area contributed by atoms with Crippen LogP contribution in [0.3, 0.4) is 0 Å². The van der Waals surface area contributed by atoms with Gasteiger partial charge < -0.3 is 5.32 Å². The molecular weight excluding hydrogens is 351 g/mol. The minimum absolute atomic E-state index is 0.0997. The molecule has 0 spiro atoms. The molecule has 92 valence electrons. The van der Waals surface area contributed by atoms with E-state index in [4.69, 9.17) is 0 Å². The largest absolute Gasteiger partial charge is 0.319 e. The normalized spacial score (nSPS) is 10.2. The molecule has 1 N–H and O–H groups in total. The minimum atomic E-state index is -0.511. The molecule has 5 heteroatoms. The minimum Gasteiger partial charge on any atom is -0.319 e. The van der Waals surface area contributed by atoms with Crippen molar-refractivity contribution in [1.82, 2.24) is 0 Å². The number of halogens is 3. The zero-order valence-corrected chi connectivity index (χ0v) is 11.2. The molecule has 0 fully saturated rings. The van der Waals surface area contributed by atoms with E-state index < -0.39 is 17.5 Å². The second-order valence-corrected chi connectivity index (χ2v) is 4.72. The van der Waals surface area contributed by atoms with E-state index in [1.807, 2.05) is 22.6 Å². The van der Waals surface area contributed by atoms with Crippen molar-refractivity contribution in [3.63, 3.8) is 0 Å². The summed E-state index contributed by atoms with van der Waals surface area (Å²) in [5, 5.41) is 2.45. The lowest BCUT2D eigenvalue weighted by atomic mass is 10.2. The van der Waals surface area contributed by atoms with E-state index in [1.54, 1.807) is 6.07 Å². The number of rotatable bonds is 2. The van der Waals surface area contributed by atoms with Gasteiger partial charge in [0.1, 0.15) is 11.6 Å². The zero-order valence-electron chi connectivity index (χ0n) is 9.08. The Morgan fingerprint density at radius 1 is 1.11 bits per heavy atom. The third kappa shape index (κ3) is 2.84. The molecule has 2 aromatic carbocycles. The zero-order chi connectivity index (χ0) is 13.1. The summed E-state index contributed by atoms with van der Waals surface area (Å²) in [4.78, 5) is 11.9. The summed E-state index contributed by atoms with van der Waals surface area (Å²) < 4.78 is 26.7. The standard InChI is InChI=1S/C13H8F2INO/c14-8-5-6-9(11(16)7-8)13(18)17-12-4-2-1-3-10(12)15/h1-7H,(H,17,18). The second kappa shape index (κ2) is 5.43. The number of anilines is 1. The monoisotopic (exact) mass is 359 g/mol. The third-order valence-electron chi connectivity index (χ3n) is 2.30. The quantitative estimate of drug-likeness (QED) is 0.812. The van der Waals surface area contributed by atoms with Gasteiger partial charge in [0.15, 0.2) is 0 Å². The molecule has 0 radical (unpaired) electrons. The Morgan fingerprint density at radius 3 is 2.50 bits per heavy atom. The SMILES string of the molecule is O=C(Nc1ccccc1F)c1ccc(F)cc1I. The van der Waals surface area contributed by atoms with Crippen LogP contribution in [0.1, 0.15) is 10.4 Å². The van der Waals surface area contributed by atoms with Crippen LogP contribution in [0.5, 0.6) is 0 Å². The van der Waals surface area contributed by atoms with E-state index >= 15 is 0 Å². The van der Waals surface area contributed by atoms with Crippen LogP contribution in [0, 0.1) is 15.2 Å². The molecule has 1 amide bonds. The molecule has 0 saturated carbocycles. The first-order chi connectivity index (χ1) is 8.58. The van der Waals surface area contributed by atoms with Crippen molar-refractivity contribution in [2.45, 2.75) is 0 Å². The van der Waals surface area contributed by atoms with Gasteiger partial charge in [-0.05, 0) is 52.9 Å². The average Bonchev–Trinajstić information content (AvgIpc) is 2.32. The van der Waals surface area contributed by atoms with Gasteiger partial charge in [0, 0.05) is 3.57 Å². The van der Waals surface area contributed by atoms with Gasteiger partial charge in [0.05, 0.1) is 11.3 Å². The van der Waals surface area contributed by atoms with Crippen molar-refractivity contribution in [2.75, 3.05) is 5.32 Å². The van der Waals surface area contributed by atoms with Crippen LogP contribution < -0.4 is 5.32 Å². The average molecular weight is 359 g/mol. The van der Waals surface area contributed by atoms with Crippen molar-refractivity contribution in [2.24, 2.45) is 0 Å². The van der Waals surface area contributed by atoms with Gasteiger partial charge >= 0.3 is 0 Å². The summed E-state index contributed by atoms with van der Waals surface area (Å²) >= 11 is 1.86. The summed E-state index contributed by atoms with van der Waals surface area (Å²) in [7, 11) is 0. The van der Waals surface area contributed by atoms with E-state index in [-0.39, 0.29) is 5.69 Å². The van der Waals surface area contributed by atoms with Gasteiger partial charge in [-0.15, -0.1) is 0 Å². The molecule has 0 aliphatic rings. The number of hydrogen-bond donors (Lipinski definition) is 1. The van der Waals surface area contributed by atoms with Crippen LogP contribution in [0.25, 0.3) is 0 Å². The van der Waals surface area contributed by atoms with E-state index in [0.717, 1.165) is 0 Å². The lowest BCUT2D eigenvalue weighted by molar-refractivity contribution is 0.102. The Bertz CT molecular complexity index is 601. The number of para-hydroxylation sites is 1. The van der Waals surface area contributed by atoms with E-state index in [2.05, 4.69) is 5.32 Å². The molecule has 0 saturated heterocycles. The second-order valence-electron chi connectivity index (χ2n) is 3.56. The summed E-state index contributed by atoms with van der Waals surface area (Å²) in [6, 6.07) is 9.68. The van der Waals surface area contributed by atoms with Crippen molar-refractivity contribution in [3.05, 3.63) is 63.2 Å². The Labute approximate surface area is 116 Å². The molecule has 2 aromatic rings. The van der Waals surface area contributed by atoms with E-state index in [9.17, 15) is 13.6 Å². The number of hydrogen-bond acceptors (Lipinski definition) is 1. The number of amides is 1. The molecule has 0 unspecified atom stereocenters. The van der Waals surface area contributed by atoms with Crippen molar-refractivity contribution in [1.29, 1.82) is 0 Å². The van der Waals surface area contributed by atoms with Gasteiger partial charge in [-0.3, -0.25) is 4.79 Å². The molecule has 2 rings (SSSR count). The number of carbonyl (C=O) groups excluding carboxylic acids is 1. The summed E-state index contributed by atoms with van der Waals surface area (Å²) in [6.07, 6.45) is 0. The van der Waals surface area contributed by atoms with Crippen molar-refractivity contribution >= 4 is 34.2 Å². The molecule has 0 bridgehead atoms. The summed E-state index contributed by atoms with van der Waals surface area (Å²) in [6.45, 7) is 0. The molecule has 0 atom stereocenters. The maximum Gasteiger partial charge on any atom is 0.256 e. The Kier molecular flexibility index (Phi) is 3.90. The highest BCUT2D eigenvalue weighted by Crippen LogP contribution is 2.18. The van der Waals surface area contributed by atoms with Crippen LogP contribution >= 0.6 is 22.6 Å². The molecule has 2 nitrogen and oxygen atoms in total. The number of benzene rings is 2. The molecular formula is C13H8F2INO. The highest BCUT2D eigenvalue weighted by Gasteiger charge is 2.12. The predicted molar refractivity (Wildman–Crippen MR) is 73.5 cm³/mol. The fraction of sp³-hybridized carbons (Fsp3) is 0. The first kappa shape index (κ1) is 12.9. The van der Waals surface area contributed by atoms with Crippen LogP contribution in [0.4, 0.5) is 14.5 Å². The smallest absolute Gasteiger partial charge is 0.256 e. The van der Waals surface area contributed by atoms with Gasteiger partial charge in [-0.2, -0.15) is 0 Å². The van der Waals surface area contributed by atoms with E-state index in [1.165, 1.54) is 36.4 Å². The fourth-order valence-electron chi connectivity index (χ4n) is 1.43. The maximum absolute atomic E-state index is 13.4. The fourth-order valence-corrected chi connectivity index (χ4v) is 2.15. The molecule has 0 aromatic heterocycles. The highest BCUT2D eigenvalue weighted by atomic mass is 127. The maximum atomic E-state index is 13.4. The lowest BCUT2D eigenvalue weighted by Gasteiger charge is -2.07. The van der Waals surface area contributed by atoms with Crippen molar-refractivity contribution < 1.29 is 13.6 Å². The summed E-state index contributed by atoms with van der Waals surface area (Å²) in [5.41, 5.74) is 0.405. The molecule has 18 heavy (non-hydrogen) atoms. The molecule has 0 aliphatic heterocycles. The summed E-state index contributed by atoms with van der Waals surface area (Å²) in [5.74, 6) is -1.39. The number of nitrogens with one attached hydrogen (secondary N) is 1. The molecule has 0 aliphatic carbocycles. The third-order valence-corrected chi connectivity index (χ3v) is 3.19. The topological polar surface area (TPSA) is 29.1 Å². The van der Waals surface area contributed by atoms with Gasteiger partial charge in [0.25, 0.3) is 5.91 Å². The van der Waals surface area contributed by atoms with Crippen LogP contribution in [-0.2, 0) is 0 Å². The first-order valence-corrected chi connectivity index (χ1v) is 6.17. The van der Waals surface area contributed by atoms with Crippen LogP contribution in [0.15, 0.2) is 42.5 Å². The predicted octanol–water partition coefficient (Wildman–Crippen LogP) is 3.82. The van der Waals surface area contributed by atoms with Gasteiger partial charge in [0.2, 0.25) is 0 Å². The van der Waals surface area contributed by atoms with Crippen LogP contribution in [-0.4, -0.2) is 5.91 Å². The Hall–Kier alpha value is -1.50. The van der Waals surface area contributed by atoms with Crippen molar-refractivity contribution in [3.8, 4) is 0 Å². The van der Waals surface area contributed by atoms with E-state index in [0.29, 0.717) is 9.13 Å². The lowest BCUT2D eigenvalue weighted by Crippen LogP contribution is -2.14. The van der Waals surface area contributed by atoms with Crippen LogP contribution in [0.2, 0.25) is 0 Å². The van der Waals surface area contributed by atoms with Gasteiger partial charge in [-0.25, -0.2) is 8.78 Å². The number of carbonyl (C=O) groups is 1. The first-order valence-electron chi connectivity index (χ1n) is 5.09. The highest BCUT2D eigenvalue weighted by molar-refractivity contribution is 14.1. The van der Waals surface area contributed by atoms with Gasteiger partial charge in [-0.1, -0.05) is 12.1 Å². The Morgan fingerprint density at radius 2 is 1.83 bits per heavy atom. The Balaban J connectivity index is 2.25.